The van der Waals surface area contributed by atoms with E-state index >= 15 is 0 Å². The van der Waals surface area contributed by atoms with Crippen molar-refractivity contribution in [3.8, 4) is 0 Å². The number of rotatable bonds is 7. The van der Waals surface area contributed by atoms with Crippen LogP contribution in [-0.4, -0.2) is 39.4 Å². The zero-order chi connectivity index (χ0) is 10.3. The van der Waals surface area contributed by atoms with Gasteiger partial charge in [-0.3, -0.25) is 0 Å². The van der Waals surface area contributed by atoms with Crippen LogP contribution in [0.5, 0.6) is 0 Å². The summed E-state index contributed by atoms with van der Waals surface area (Å²) in [7, 11) is -1.85. The Balaban J connectivity index is 4.23. The maximum Gasteiger partial charge on any atom is 0.279 e. The Bertz CT molecular complexity index is 216. The van der Waals surface area contributed by atoms with Gasteiger partial charge in [-0.25, -0.2) is 4.72 Å². The van der Waals surface area contributed by atoms with Crippen molar-refractivity contribution >= 4 is 10.2 Å². The van der Waals surface area contributed by atoms with E-state index in [0.29, 0.717) is 26.1 Å². The van der Waals surface area contributed by atoms with E-state index in [-0.39, 0.29) is 0 Å². The highest BCUT2D eigenvalue weighted by Gasteiger charge is 2.17. The van der Waals surface area contributed by atoms with Crippen molar-refractivity contribution in [2.75, 3.05) is 26.7 Å². The molecule has 5 nitrogen and oxygen atoms in total. The minimum atomic E-state index is -3.27. The number of hydrogen-bond donors (Lipinski definition) is 2. The van der Waals surface area contributed by atoms with E-state index in [0.717, 1.165) is 6.42 Å². The van der Waals surface area contributed by atoms with Crippen molar-refractivity contribution in [2.45, 2.75) is 19.8 Å². The van der Waals surface area contributed by atoms with Crippen molar-refractivity contribution in [3.05, 3.63) is 0 Å². The van der Waals surface area contributed by atoms with Gasteiger partial charge in [-0.2, -0.15) is 12.7 Å². The molecule has 0 atom stereocenters. The van der Waals surface area contributed by atoms with Gasteiger partial charge in [0.1, 0.15) is 0 Å². The van der Waals surface area contributed by atoms with Crippen molar-refractivity contribution in [3.63, 3.8) is 0 Å². The van der Waals surface area contributed by atoms with Crippen LogP contribution in [-0.2, 0) is 10.2 Å². The molecule has 0 aromatic heterocycles. The van der Waals surface area contributed by atoms with E-state index in [1.165, 1.54) is 11.4 Å². The van der Waals surface area contributed by atoms with Crippen LogP contribution in [0.25, 0.3) is 0 Å². The van der Waals surface area contributed by atoms with Crippen molar-refractivity contribution < 1.29 is 8.42 Å². The van der Waals surface area contributed by atoms with Gasteiger partial charge in [-0.05, 0) is 19.4 Å². The summed E-state index contributed by atoms with van der Waals surface area (Å²) in [5.41, 5.74) is 5.32. The normalized spacial score (nSPS) is 12.3. The van der Waals surface area contributed by atoms with E-state index in [2.05, 4.69) is 4.72 Å². The van der Waals surface area contributed by atoms with Crippen LogP contribution in [0.3, 0.4) is 0 Å². The third kappa shape index (κ3) is 4.56. The van der Waals surface area contributed by atoms with Gasteiger partial charge < -0.3 is 5.73 Å². The van der Waals surface area contributed by atoms with Crippen molar-refractivity contribution in [2.24, 2.45) is 5.73 Å². The average Bonchev–Trinajstić information content (AvgIpc) is 2.12. The third-order valence-electron chi connectivity index (χ3n) is 1.68. The van der Waals surface area contributed by atoms with Gasteiger partial charge in [0, 0.05) is 20.1 Å². The first kappa shape index (κ1) is 12.8. The highest BCUT2D eigenvalue weighted by Crippen LogP contribution is 1.99. The predicted molar refractivity (Wildman–Crippen MR) is 53.5 cm³/mol. The molecule has 0 aliphatic heterocycles. The molecule has 0 fully saturated rings. The molecule has 0 spiro atoms. The van der Waals surface area contributed by atoms with Gasteiger partial charge in [0.25, 0.3) is 10.2 Å². The molecule has 0 unspecified atom stereocenters. The van der Waals surface area contributed by atoms with Gasteiger partial charge in [0.15, 0.2) is 0 Å². The average molecular weight is 209 g/mol. The molecule has 0 aromatic rings. The molecule has 6 heteroatoms. The van der Waals surface area contributed by atoms with Crippen LogP contribution >= 0.6 is 0 Å². The van der Waals surface area contributed by atoms with Crippen LogP contribution < -0.4 is 10.5 Å². The Kier molecular flexibility index (Phi) is 6.23. The summed E-state index contributed by atoms with van der Waals surface area (Å²) < 4.78 is 26.4. The Morgan fingerprint density at radius 2 is 2.00 bits per heavy atom. The molecule has 0 aromatic carbocycles. The molecule has 80 valence electrons. The van der Waals surface area contributed by atoms with E-state index in [4.69, 9.17) is 5.73 Å². The van der Waals surface area contributed by atoms with Crippen molar-refractivity contribution in [1.82, 2.24) is 9.03 Å². The quantitative estimate of drug-likeness (QED) is 0.594. The summed E-state index contributed by atoms with van der Waals surface area (Å²) in [5.74, 6) is 0. The summed E-state index contributed by atoms with van der Waals surface area (Å²) >= 11 is 0. The monoisotopic (exact) mass is 209 g/mol. The van der Waals surface area contributed by atoms with E-state index in [9.17, 15) is 8.42 Å². The van der Waals surface area contributed by atoms with E-state index in [1.807, 2.05) is 6.92 Å². The smallest absolute Gasteiger partial charge is 0.279 e. The second-order valence-corrected chi connectivity index (χ2v) is 4.63. The van der Waals surface area contributed by atoms with Gasteiger partial charge in [0.2, 0.25) is 0 Å². The summed E-state index contributed by atoms with van der Waals surface area (Å²) in [6, 6.07) is 0. The highest BCUT2D eigenvalue weighted by atomic mass is 32.2. The molecular formula is C7H19N3O2S. The predicted octanol–water partition coefficient (Wildman–Crippen LogP) is -0.489. The van der Waals surface area contributed by atoms with Gasteiger partial charge >= 0.3 is 0 Å². The zero-order valence-electron chi connectivity index (χ0n) is 8.28. The van der Waals surface area contributed by atoms with Gasteiger partial charge in [-0.15, -0.1) is 0 Å². The molecule has 0 saturated carbocycles. The van der Waals surface area contributed by atoms with Gasteiger partial charge in [0.05, 0.1) is 0 Å². The molecule has 0 aliphatic carbocycles. The number of nitrogens with two attached hydrogens (primary N) is 1. The molecule has 13 heavy (non-hydrogen) atoms. The minimum Gasteiger partial charge on any atom is -0.330 e. The largest absolute Gasteiger partial charge is 0.330 e. The summed E-state index contributed by atoms with van der Waals surface area (Å²) in [6.45, 7) is 3.50. The molecule has 3 N–H and O–H groups in total. The molecule has 0 aliphatic rings. The number of nitrogens with zero attached hydrogens (tertiary/aromatic N) is 1. The molecule has 0 rings (SSSR count). The standard InChI is InChI=1S/C7H19N3O2S/c1-3-6-10(7-4-5-8)13(11,12)9-2/h9H,3-8H2,1-2H3. The lowest BCUT2D eigenvalue weighted by atomic mass is 10.4. The molecule has 0 amide bonds. The van der Waals surface area contributed by atoms with E-state index in [1.54, 1.807) is 0 Å². The van der Waals surface area contributed by atoms with Crippen LogP contribution in [0.2, 0.25) is 0 Å². The number of hydrogen-bond acceptors (Lipinski definition) is 3. The SMILES string of the molecule is CCCN(CCCN)S(=O)(=O)NC. The van der Waals surface area contributed by atoms with E-state index < -0.39 is 10.2 Å². The molecule has 0 bridgehead atoms. The van der Waals surface area contributed by atoms with Crippen LogP contribution in [0.1, 0.15) is 19.8 Å². The lowest BCUT2D eigenvalue weighted by molar-refractivity contribution is 0.401. The molecule has 0 saturated heterocycles. The second kappa shape index (κ2) is 6.31. The minimum absolute atomic E-state index is 0.494. The van der Waals surface area contributed by atoms with Crippen LogP contribution in [0.15, 0.2) is 0 Å². The maximum atomic E-state index is 11.4. The van der Waals surface area contributed by atoms with Gasteiger partial charge in [-0.1, -0.05) is 6.92 Å². The highest BCUT2D eigenvalue weighted by molar-refractivity contribution is 7.87. The first-order valence-electron chi connectivity index (χ1n) is 4.47. The lowest BCUT2D eigenvalue weighted by Crippen LogP contribution is -2.40. The molecule has 0 radical (unpaired) electrons. The Hall–Kier alpha value is -0.170. The fraction of sp³-hybridized carbons (Fsp3) is 1.00. The Morgan fingerprint density at radius 1 is 1.38 bits per heavy atom. The lowest BCUT2D eigenvalue weighted by Gasteiger charge is -2.20. The summed E-state index contributed by atoms with van der Waals surface area (Å²) in [4.78, 5) is 0. The second-order valence-electron chi connectivity index (χ2n) is 2.75. The summed E-state index contributed by atoms with van der Waals surface area (Å²) in [6.07, 6.45) is 1.51. The fourth-order valence-electron chi connectivity index (χ4n) is 0.998. The number of nitrogens with one attached hydrogen (secondary N) is 1. The Labute approximate surface area is 80.5 Å². The van der Waals surface area contributed by atoms with Crippen molar-refractivity contribution in [1.29, 1.82) is 0 Å². The Morgan fingerprint density at radius 3 is 2.38 bits per heavy atom. The van der Waals surface area contributed by atoms with Crippen LogP contribution in [0.4, 0.5) is 0 Å². The third-order valence-corrected chi connectivity index (χ3v) is 3.24. The summed E-state index contributed by atoms with van der Waals surface area (Å²) in [5, 5.41) is 0. The first-order valence-corrected chi connectivity index (χ1v) is 5.91. The first-order chi connectivity index (χ1) is 6.08. The van der Waals surface area contributed by atoms with Crippen LogP contribution in [0, 0.1) is 0 Å². The fourth-order valence-corrected chi connectivity index (χ4v) is 2.05. The maximum absolute atomic E-state index is 11.4. The zero-order valence-corrected chi connectivity index (χ0v) is 9.10. The molecule has 0 heterocycles. The molecular weight excluding hydrogens is 190 g/mol. The topological polar surface area (TPSA) is 75.4 Å².